The molecule has 0 bridgehead atoms. The number of esters is 1. The molecule has 1 aliphatic carbocycles. The van der Waals surface area contributed by atoms with Crippen molar-refractivity contribution in [1.82, 2.24) is 0 Å². The largest absolute Gasteiger partial charge is 0.465 e. The number of fused-ring (bicyclic) bond motifs is 1. The Morgan fingerprint density at radius 2 is 1.81 bits per heavy atom. The Hall–Kier alpha value is -1.36. The van der Waals surface area contributed by atoms with Crippen molar-refractivity contribution in [3.63, 3.8) is 0 Å². The van der Waals surface area contributed by atoms with Crippen molar-refractivity contribution in [2.75, 3.05) is 12.4 Å². The molecule has 21 heavy (non-hydrogen) atoms. The molecule has 0 saturated carbocycles. The summed E-state index contributed by atoms with van der Waals surface area (Å²) in [5.74, 6) is -0.428. The molecule has 5 heteroatoms. The number of ether oxygens (including phenoxy) is 1. The van der Waals surface area contributed by atoms with Crippen molar-refractivity contribution < 1.29 is 14.3 Å². The van der Waals surface area contributed by atoms with Gasteiger partial charge in [0.1, 0.15) is 5.00 Å². The Morgan fingerprint density at radius 1 is 1.14 bits per heavy atom. The molecule has 1 heterocycles. The van der Waals surface area contributed by atoms with E-state index in [1.807, 2.05) is 20.8 Å². The summed E-state index contributed by atoms with van der Waals surface area (Å²) in [6, 6.07) is 0. The molecule has 1 aromatic heterocycles. The van der Waals surface area contributed by atoms with Crippen LogP contribution in [0, 0.1) is 5.41 Å². The number of hydrogen-bond donors (Lipinski definition) is 1. The van der Waals surface area contributed by atoms with Crippen molar-refractivity contribution in [3.05, 3.63) is 16.0 Å². The summed E-state index contributed by atoms with van der Waals surface area (Å²) < 4.78 is 4.93. The van der Waals surface area contributed by atoms with Crippen molar-refractivity contribution in [2.24, 2.45) is 5.41 Å². The third-order valence-electron chi connectivity index (χ3n) is 3.72. The quantitative estimate of drug-likeness (QED) is 0.668. The van der Waals surface area contributed by atoms with Crippen LogP contribution < -0.4 is 5.32 Å². The SMILES string of the molecule is COC(=O)c1c(NC(=O)C(C)(C)C)sc2c1CCCCC2. The second-order valence-electron chi connectivity index (χ2n) is 6.46. The average molecular weight is 309 g/mol. The summed E-state index contributed by atoms with van der Waals surface area (Å²) in [6.45, 7) is 5.58. The third kappa shape index (κ3) is 3.46. The van der Waals surface area contributed by atoms with E-state index in [1.54, 1.807) is 0 Å². The molecule has 0 radical (unpaired) electrons. The van der Waals surface area contributed by atoms with Gasteiger partial charge in [0.15, 0.2) is 0 Å². The van der Waals surface area contributed by atoms with Gasteiger partial charge in [0, 0.05) is 10.3 Å². The van der Waals surface area contributed by atoms with Crippen molar-refractivity contribution in [1.29, 1.82) is 0 Å². The average Bonchev–Trinajstić information content (AvgIpc) is 2.59. The number of hydrogen-bond acceptors (Lipinski definition) is 4. The van der Waals surface area contributed by atoms with Gasteiger partial charge < -0.3 is 10.1 Å². The van der Waals surface area contributed by atoms with Gasteiger partial charge in [-0.25, -0.2) is 4.79 Å². The van der Waals surface area contributed by atoms with E-state index in [2.05, 4.69) is 5.32 Å². The highest BCUT2D eigenvalue weighted by molar-refractivity contribution is 7.17. The summed E-state index contributed by atoms with van der Waals surface area (Å²) in [5, 5.41) is 3.57. The molecule has 0 aromatic carbocycles. The van der Waals surface area contributed by atoms with Crippen LogP contribution in [-0.2, 0) is 22.4 Å². The van der Waals surface area contributed by atoms with E-state index in [0.717, 1.165) is 31.2 Å². The molecule has 0 fully saturated rings. The molecule has 0 saturated heterocycles. The number of thiophene rings is 1. The molecule has 0 atom stereocenters. The molecular weight excluding hydrogens is 286 g/mol. The highest BCUT2D eigenvalue weighted by atomic mass is 32.1. The molecule has 1 N–H and O–H groups in total. The van der Waals surface area contributed by atoms with E-state index < -0.39 is 5.41 Å². The van der Waals surface area contributed by atoms with Crippen LogP contribution in [0.5, 0.6) is 0 Å². The van der Waals surface area contributed by atoms with Crippen LogP contribution in [0.3, 0.4) is 0 Å². The third-order valence-corrected chi connectivity index (χ3v) is 4.93. The van der Waals surface area contributed by atoms with Gasteiger partial charge in [-0.1, -0.05) is 27.2 Å². The molecular formula is C16H23NO3S. The maximum Gasteiger partial charge on any atom is 0.341 e. The highest BCUT2D eigenvalue weighted by Crippen LogP contribution is 2.38. The van der Waals surface area contributed by atoms with Crippen LogP contribution in [0.2, 0.25) is 0 Å². The maximum absolute atomic E-state index is 12.2. The van der Waals surface area contributed by atoms with Crippen LogP contribution in [0.1, 0.15) is 60.8 Å². The summed E-state index contributed by atoms with van der Waals surface area (Å²) in [6.07, 6.45) is 5.28. The van der Waals surface area contributed by atoms with E-state index in [9.17, 15) is 9.59 Å². The Kier molecular flexibility index (Phi) is 4.71. The zero-order chi connectivity index (χ0) is 15.6. The molecule has 1 aromatic rings. The fourth-order valence-corrected chi connectivity index (χ4v) is 3.71. The van der Waals surface area contributed by atoms with E-state index in [-0.39, 0.29) is 11.9 Å². The molecule has 0 unspecified atom stereocenters. The van der Waals surface area contributed by atoms with E-state index in [0.29, 0.717) is 10.6 Å². The van der Waals surface area contributed by atoms with Crippen molar-refractivity contribution in [2.45, 2.75) is 52.9 Å². The lowest BCUT2D eigenvalue weighted by Crippen LogP contribution is -2.28. The Bertz CT molecular complexity index is 555. The molecule has 0 spiro atoms. The second-order valence-corrected chi connectivity index (χ2v) is 7.57. The number of anilines is 1. The topological polar surface area (TPSA) is 55.4 Å². The van der Waals surface area contributed by atoms with E-state index in [4.69, 9.17) is 4.74 Å². The number of nitrogens with one attached hydrogen (secondary N) is 1. The minimum absolute atomic E-state index is 0.0796. The van der Waals surface area contributed by atoms with Crippen LogP contribution >= 0.6 is 11.3 Å². The summed E-state index contributed by atoms with van der Waals surface area (Å²) in [5.41, 5.74) is 1.15. The van der Waals surface area contributed by atoms with Gasteiger partial charge in [0.2, 0.25) is 5.91 Å². The first kappa shape index (κ1) is 16.0. The van der Waals surface area contributed by atoms with Crippen LogP contribution in [-0.4, -0.2) is 19.0 Å². The minimum atomic E-state index is -0.491. The first-order chi connectivity index (χ1) is 9.84. The number of aryl methyl sites for hydroxylation is 1. The zero-order valence-corrected chi connectivity index (χ0v) is 14.0. The molecule has 1 aliphatic rings. The highest BCUT2D eigenvalue weighted by Gasteiger charge is 2.29. The summed E-state index contributed by atoms with van der Waals surface area (Å²) in [7, 11) is 1.39. The molecule has 2 rings (SSSR count). The van der Waals surface area contributed by atoms with Gasteiger partial charge in [-0.15, -0.1) is 11.3 Å². The fourth-order valence-electron chi connectivity index (χ4n) is 2.44. The molecule has 0 aliphatic heterocycles. The molecule has 1 amide bonds. The normalized spacial score (nSPS) is 15.0. The number of methoxy groups -OCH3 is 1. The lowest BCUT2D eigenvalue weighted by Gasteiger charge is -2.17. The van der Waals surface area contributed by atoms with Gasteiger partial charge >= 0.3 is 5.97 Å². The fraction of sp³-hybridized carbons (Fsp3) is 0.625. The predicted molar refractivity (Wildman–Crippen MR) is 85.0 cm³/mol. The van der Waals surface area contributed by atoms with Crippen molar-refractivity contribution in [3.8, 4) is 0 Å². The van der Waals surface area contributed by atoms with Crippen LogP contribution in [0.4, 0.5) is 5.00 Å². The number of rotatable bonds is 2. The van der Waals surface area contributed by atoms with E-state index in [1.165, 1.54) is 29.7 Å². The Morgan fingerprint density at radius 3 is 2.43 bits per heavy atom. The second kappa shape index (κ2) is 6.18. The predicted octanol–water partition coefficient (Wildman–Crippen LogP) is 3.79. The van der Waals surface area contributed by atoms with E-state index >= 15 is 0 Å². The zero-order valence-electron chi connectivity index (χ0n) is 13.2. The monoisotopic (exact) mass is 309 g/mol. The standard InChI is InChI=1S/C16H23NO3S/c1-16(2,3)15(19)17-13-12(14(18)20-4)10-8-6-5-7-9-11(10)21-13/h5-9H2,1-4H3,(H,17,19). The van der Waals surface area contributed by atoms with Crippen LogP contribution in [0.25, 0.3) is 0 Å². The maximum atomic E-state index is 12.2. The number of amides is 1. The number of carbonyl (C=O) groups excluding carboxylic acids is 2. The Labute approximate surface area is 129 Å². The smallest absolute Gasteiger partial charge is 0.341 e. The van der Waals surface area contributed by atoms with Crippen LogP contribution in [0.15, 0.2) is 0 Å². The lowest BCUT2D eigenvalue weighted by atomic mass is 9.95. The lowest BCUT2D eigenvalue weighted by molar-refractivity contribution is -0.123. The summed E-state index contributed by atoms with van der Waals surface area (Å²) >= 11 is 1.53. The molecule has 116 valence electrons. The first-order valence-corrected chi connectivity index (χ1v) is 8.20. The van der Waals surface area contributed by atoms with Crippen molar-refractivity contribution >= 4 is 28.2 Å². The van der Waals surface area contributed by atoms with Gasteiger partial charge in [-0.05, 0) is 31.2 Å². The van der Waals surface area contributed by atoms with Gasteiger partial charge in [-0.3, -0.25) is 4.79 Å². The summed E-state index contributed by atoms with van der Waals surface area (Å²) in [4.78, 5) is 25.6. The Balaban J connectivity index is 2.41. The minimum Gasteiger partial charge on any atom is -0.465 e. The first-order valence-electron chi connectivity index (χ1n) is 7.39. The number of carbonyl (C=O) groups is 2. The van der Waals surface area contributed by atoms with Gasteiger partial charge in [0.25, 0.3) is 0 Å². The van der Waals surface area contributed by atoms with Gasteiger partial charge in [0.05, 0.1) is 12.7 Å². The molecule has 4 nitrogen and oxygen atoms in total. The van der Waals surface area contributed by atoms with Gasteiger partial charge in [-0.2, -0.15) is 0 Å².